The molecule has 1 fully saturated rings. The highest BCUT2D eigenvalue weighted by Gasteiger charge is 2.33. The summed E-state index contributed by atoms with van der Waals surface area (Å²) in [4.78, 5) is 12.8. The normalized spacial score (nSPS) is 19.4. The van der Waals surface area contributed by atoms with Crippen LogP contribution in [0, 0.1) is 0 Å². The summed E-state index contributed by atoms with van der Waals surface area (Å²) >= 11 is 1.65. The Kier molecular flexibility index (Phi) is 3.81. The molecule has 0 saturated carbocycles. The van der Waals surface area contributed by atoms with Crippen molar-refractivity contribution in [3.8, 4) is 0 Å². The number of carbonyl (C=O) groups excluding carboxylic acids is 1. The highest BCUT2D eigenvalue weighted by Crippen LogP contribution is 2.18. The van der Waals surface area contributed by atoms with Gasteiger partial charge >= 0.3 is 0 Å². The second kappa shape index (κ2) is 5.16. The van der Waals surface area contributed by atoms with E-state index < -0.39 is 0 Å². The molecule has 0 radical (unpaired) electrons. The van der Waals surface area contributed by atoms with Crippen LogP contribution in [0.5, 0.6) is 0 Å². The van der Waals surface area contributed by atoms with E-state index in [1.165, 1.54) is 0 Å². The largest absolute Gasteiger partial charge is 0.363 e. The second-order valence-electron chi connectivity index (χ2n) is 4.65. The van der Waals surface area contributed by atoms with Gasteiger partial charge in [-0.15, -0.1) is 11.3 Å². The van der Waals surface area contributed by atoms with E-state index in [9.17, 15) is 4.79 Å². The van der Waals surface area contributed by atoms with Gasteiger partial charge in [-0.2, -0.15) is 0 Å². The fourth-order valence-electron chi connectivity index (χ4n) is 1.71. The SMILES string of the molecule is C[C@H](NC(=O)COC1(C)CNC1)c1cccs1. The fourth-order valence-corrected chi connectivity index (χ4v) is 2.45. The molecule has 94 valence electrons. The molecule has 2 N–H and O–H groups in total. The van der Waals surface area contributed by atoms with Crippen LogP contribution in [0.1, 0.15) is 24.8 Å². The first-order valence-electron chi connectivity index (χ1n) is 5.76. The first-order chi connectivity index (χ1) is 8.09. The molecule has 0 bridgehead atoms. The molecule has 0 aromatic carbocycles. The summed E-state index contributed by atoms with van der Waals surface area (Å²) in [5.41, 5.74) is -0.163. The summed E-state index contributed by atoms with van der Waals surface area (Å²) in [5.74, 6) is -0.0565. The molecular weight excluding hydrogens is 236 g/mol. The minimum atomic E-state index is -0.163. The molecule has 0 aliphatic carbocycles. The van der Waals surface area contributed by atoms with E-state index in [0.717, 1.165) is 18.0 Å². The van der Waals surface area contributed by atoms with Gasteiger partial charge in [0.15, 0.2) is 0 Å². The van der Waals surface area contributed by atoms with Crippen LogP contribution in [0.25, 0.3) is 0 Å². The van der Waals surface area contributed by atoms with E-state index in [4.69, 9.17) is 4.74 Å². The Balaban J connectivity index is 1.73. The van der Waals surface area contributed by atoms with Gasteiger partial charge in [-0.25, -0.2) is 0 Å². The Bertz CT molecular complexity index is 374. The van der Waals surface area contributed by atoms with Crippen LogP contribution in [-0.2, 0) is 9.53 Å². The number of rotatable bonds is 5. The highest BCUT2D eigenvalue weighted by atomic mass is 32.1. The van der Waals surface area contributed by atoms with Crippen LogP contribution in [0.3, 0.4) is 0 Å². The van der Waals surface area contributed by atoms with E-state index in [0.29, 0.717) is 0 Å². The maximum atomic E-state index is 11.7. The molecule has 1 saturated heterocycles. The third-order valence-electron chi connectivity index (χ3n) is 2.90. The molecule has 1 amide bonds. The lowest BCUT2D eigenvalue weighted by atomic mass is 10.0. The zero-order valence-corrected chi connectivity index (χ0v) is 11.0. The average Bonchev–Trinajstić information content (AvgIpc) is 2.77. The van der Waals surface area contributed by atoms with Crippen LogP contribution in [0.4, 0.5) is 0 Å². The van der Waals surface area contributed by atoms with Gasteiger partial charge in [0.25, 0.3) is 0 Å². The van der Waals surface area contributed by atoms with Gasteiger partial charge < -0.3 is 15.4 Å². The summed E-state index contributed by atoms with van der Waals surface area (Å²) in [7, 11) is 0. The third kappa shape index (κ3) is 3.28. The summed E-state index contributed by atoms with van der Waals surface area (Å²) in [6.45, 7) is 5.77. The quantitative estimate of drug-likeness (QED) is 0.833. The molecule has 0 spiro atoms. The summed E-state index contributed by atoms with van der Waals surface area (Å²) in [5, 5.41) is 8.07. The Morgan fingerprint density at radius 2 is 2.47 bits per heavy atom. The number of thiophene rings is 1. The number of hydrogen-bond donors (Lipinski definition) is 2. The predicted octanol–water partition coefficient (Wildman–Crippen LogP) is 1.30. The number of amides is 1. The Hall–Kier alpha value is -0.910. The van der Waals surface area contributed by atoms with Crippen LogP contribution in [0.15, 0.2) is 17.5 Å². The van der Waals surface area contributed by atoms with Crippen LogP contribution in [-0.4, -0.2) is 31.2 Å². The predicted molar refractivity (Wildman–Crippen MR) is 68.1 cm³/mol. The Morgan fingerprint density at radius 1 is 1.71 bits per heavy atom. The maximum Gasteiger partial charge on any atom is 0.246 e. The van der Waals surface area contributed by atoms with Crippen molar-refractivity contribution in [2.75, 3.05) is 19.7 Å². The molecule has 0 unspecified atom stereocenters. The van der Waals surface area contributed by atoms with Gasteiger partial charge in [0.2, 0.25) is 5.91 Å². The maximum absolute atomic E-state index is 11.7. The number of nitrogens with one attached hydrogen (secondary N) is 2. The Labute approximate surface area is 105 Å². The average molecular weight is 254 g/mol. The minimum absolute atomic E-state index is 0.0541. The molecule has 2 heterocycles. The lowest BCUT2D eigenvalue weighted by molar-refractivity contribution is -0.136. The minimum Gasteiger partial charge on any atom is -0.363 e. The fraction of sp³-hybridized carbons (Fsp3) is 0.583. The number of hydrogen-bond acceptors (Lipinski definition) is 4. The Morgan fingerprint density at radius 3 is 3.00 bits per heavy atom. The molecule has 1 aromatic heterocycles. The first-order valence-corrected chi connectivity index (χ1v) is 6.64. The van der Waals surface area contributed by atoms with Crippen molar-refractivity contribution in [3.63, 3.8) is 0 Å². The van der Waals surface area contributed by atoms with Crippen molar-refractivity contribution in [2.24, 2.45) is 0 Å². The zero-order valence-electron chi connectivity index (χ0n) is 10.2. The summed E-state index contributed by atoms with van der Waals surface area (Å²) in [6, 6.07) is 4.06. The molecule has 1 aliphatic heterocycles. The second-order valence-corrected chi connectivity index (χ2v) is 5.63. The lowest BCUT2D eigenvalue weighted by Crippen LogP contribution is -2.59. The van der Waals surface area contributed by atoms with Gasteiger partial charge in [-0.1, -0.05) is 6.07 Å². The number of carbonyl (C=O) groups is 1. The molecular formula is C12H18N2O2S. The van der Waals surface area contributed by atoms with Gasteiger partial charge in [-0.05, 0) is 25.3 Å². The zero-order chi connectivity index (χ0) is 12.3. The van der Waals surface area contributed by atoms with Crippen LogP contribution in [0.2, 0.25) is 0 Å². The summed E-state index contributed by atoms with van der Waals surface area (Å²) < 4.78 is 5.57. The monoisotopic (exact) mass is 254 g/mol. The molecule has 1 atom stereocenters. The lowest BCUT2D eigenvalue weighted by Gasteiger charge is -2.38. The highest BCUT2D eigenvalue weighted by molar-refractivity contribution is 7.10. The van der Waals surface area contributed by atoms with Gasteiger partial charge in [0.05, 0.1) is 11.6 Å². The molecule has 2 rings (SSSR count). The van der Waals surface area contributed by atoms with E-state index >= 15 is 0 Å². The van der Waals surface area contributed by atoms with Crippen molar-refractivity contribution in [3.05, 3.63) is 22.4 Å². The molecule has 4 nitrogen and oxygen atoms in total. The van der Waals surface area contributed by atoms with Crippen LogP contribution < -0.4 is 10.6 Å². The molecule has 1 aromatic rings. The van der Waals surface area contributed by atoms with E-state index in [-0.39, 0.29) is 24.2 Å². The van der Waals surface area contributed by atoms with Crippen molar-refractivity contribution in [1.82, 2.24) is 10.6 Å². The standard InChI is InChI=1S/C12H18N2O2S/c1-9(10-4-3-5-17-10)14-11(15)6-16-12(2)7-13-8-12/h3-5,9,13H,6-8H2,1-2H3,(H,14,15)/t9-/m0/s1. The van der Waals surface area contributed by atoms with Crippen molar-refractivity contribution < 1.29 is 9.53 Å². The smallest absolute Gasteiger partial charge is 0.246 e. The van der Waals surface area contributed by atoms with E-state index in [1.807, 2.05) is 31.4 Å². The van der Waals surface area contributed by atoms with Crippen molar-refractivity contribution >= 4 is 17.2 Å². The van der Waals surface area contributed by atoms with E-state index in [1.54, 1.807) is 11.3 Å². The topological polar surface area (TPSA) is 50.4 Å². The van der Waals surface area contributed by atoms with Crippen molar-refractivity contribution in [2.45, 2.75) is 25.5 Å². The van der Waals surface area contributed by atoms with E-state index in [2.05, 4.69) is 10.6 Å². The van der Waals surface area contributed by atoms with Gasteiger partial charge in [-0.3, -0.25) is 4.79 Å². The van der Waals surface area contributed by atoms with Gasteiger partial charge in [0.1, 0.15) is 6.61 Å². The molecule has 5 heteroatoms. The summed E-state index contributed by atoms with van der Waals surface area (Å²) in [6.07, 6.45) is 0. The third-order valence-corrected chi connectivity index (χ3v) is 3.95. The number of ether oxygens (including phenoxy) is 1. The van der Waals surface area contributed by atoms with Crippen LogP contribution >= 0.6 is 11.3 Å². The van der Waals surface area contributed by atoms with Crippen molar-refractivity contribution in [1.29, 1.82) is 0 Å². The van der Waals surface area contributed by atoms with Gasteiger partial charge in [0, 0.05) is 18.0 Å². The molecule has 1 aliphatic rings. The molecule has 17 heavy (non-hydrogen) atoms. The first kappa shape index (κ1) is 12.5.